The van der Waals surface area contributed by atoms with Gasteiger partial charge in [-0.2, -0.15) is 0 Å². The van der Waals surface area contributed by atoms with Gasteiger partial charge < -0.3 is 0 Å². The van der Waals surface area contributed by atoms with Gasteiger partial charge in [0.25, 0.3) is 0 Å². The van der Waals surface area contributed by atoms with Crippen molar-refractivity contribution in [1.82, 2.24) is 0 Å². The van der Waals surface area contributed by atoms with Crippen LogP contribution < -0.4 is 0 Å². The SMILES string of the molecule is C=CCC[C@H]1CC[C@H](c2ccc(C#Cc3ccc(CCC)cc3)cc2)CC1. The van der Waals surface area contributed by atoms with Crippen molar-refractivity contribution in [3.63, 3.8) is 0 Å². The lowest BCUT2D eigenvalue weighted by Gasteiger charge is -2.28. The van der Waals surface area contributed by atoms with Crippen LogP contribution in [-0.2, 0) is 6.42 Å². The molecule has 0 amide bonds. The van der Waals surface area contributed by atoms with Gasteiger partial charge in [0.05, 0.1) is 0 Å². The minimum atomic E-state index is 0.734. The third kappa shape index (κ3) is 5.86. The first-order valence-electron chi connectivity index (χ1n) is 10.6. The highest BCUT2D eigenvalue weighted by Gasteiger charge is 2.21. The van der Waals surface area contributed by atoms with Crippen molar-refractivity contribution >= 4 is 0 Å². The van der Waals surface area contributed by atoms with Gasteiger partial charge >= 0.3 is 0 Å². The molecule has 0 saturated heterocycles. The maximum atomic E-state index is 3.85. The summed E-state index contributed by atoms with van der Waals surface area (Å²) < 4.78 is 0. The molecule has 1 saturated carbocycles. The van der Waals surface area contributed by atoms with Crippen LogP contribution in [0, 0.1) is 17.8 Å². The van der Waals surface area contributed by atoms with Crippen LogP contribution in [0.4, 0.5) is 0 Å². The molecule has 0 N–H and O–H groups in total. The molecule has 0 aromatic heterocycles. The fourth-order valence-corrected chi connectivity index (χ4v) is 4.16. The lowest BCUT2D eigenvalue weighted by molar-refractivity contribution is 0.312. The normalized spacial score (nSPS) is 19.1. The fourth-order valence-electron chi connectivity index (χ4n) is 4.16. The molecule has 3 rings (SSSR count). The van der Waals surface area contributed by atoms with E-state index in [2.05, 4.69) is 80.0 Å². The van der Waals surface area contributed by atoms with E-state index in [4.69, 9.17) is 0 Å². The van der Waals surface area contributed by atoms with Crippen molar-refractivity contribution in [2.24, 2.45) is 5.92 Å². The number of rotatable bonds is 6. The van der Waals surface area contributed by atoms with E-state index >= 15 is 0 Å². The van der Waals surface area contributed by atoms with Crippen LogP contribution in [0.3, 0.4) is 0 Å². The van der Waals surface area contributed by atoms with Crippen LogP contribution in [0.25, 0.3) is 0 Å². The molecule has 0 nitrogen and oxygen atoms in total. The molecule has 0 aliphatic heterocycles. The monoisotopic (exact) mass is 356 g/mol. The molecular formula is C27H32. The second kappa shape index (κ2) is 10.2. The average molecular weight is 357 g/mol. The summed E-state index contributed by atoms with van der Waals surface area (Å²) in [6.45, 7) is 6.06. The van der Waals surface area contributed by atoms with E-state index in [-0.39, 0.29) is 0 Å². The number of hydrogen-bond acceptors (Lipinski definition) is 0. The van der Waals surface area contributed by atoms with Crippen LogP contribution in [0.2, 0.25) is 0 Å². The maximum Gasteiger partial charge on any atom is 0.0249 e. The summed E-state index contributed by atoms with van der Waals surface area (Å²) in [6.07, 6.45) is 12.3. The highest BCUT2D eigenvalue weighted by atomic mass is 14.3. The minimum Gasteiger partial charge on any atom is -0.103 e. The quantitative estimate of drug-likeness (QED) is 0.377. The summed E-state index contributed by atoms with van der Waals surface area (Å²) >= 11 is 0. The summed E-state index contributed by atoms with van der Waals surface area (Å²) in [7, 11) is 0. The number of benzene rings is 2. The summed E-state index contributed by atoms with van der Waals surface area (Å²) in [5.41, 5.74) is 5.09. The molecule has 1 fully saturated rings. The Morgan fingerprint density at radius 3 is 2.04 bits per heavy atom. The van der Waals surface area contributed by atoms with E-state index in [1.807, 2.05) is 0 Å². The predicted octanol–water partition coefficient (Wildman–Crippen LogP) is 7.28. The van der Waals surface area contributed by atoms with Crippen molar-refractivity contribution in [3.8, 4) is 11.8 Å². The zero-order chi connectivity index (χ0) is 18.9. The van der Waals surface area contributed by atoms with Gasteiger partial charge in [-0.25, -0.2) is 0 Å². The molecular weight excluding hydrogens is 324 g/mol. The van der Waals surface area contributed by atoms with Crippen LogP contribution in [0.1, 0.15) is 80.0 Å². The second-order valence-corrected chi connectivity index (χ2v) is 7.90. The van der Waals surface area contributed by atoms with Crippen LogP contribution >= 0.6 is 0 Å². The third-order valence-corrected chi connectivity index (χ3v) is 5.85. The lowest BCUT2D eigenvalue weighted by Crippen LogP contribution is -2.13. The highest BCUT2D eigenvalue weighted by molar-refractivity contribution is 5.44. The molecule has 0 spiro atoms. The summed E-state index contributed by atoms with van der Waals surface area (Å²) in [6, 6.07) is 17.6. The molecule has 0 heteroatoms. The zero-order valence-electron chi connectivity index (χ0n) is 16.7. The summed E-state index contributed by atoms with van der Waals surface area (Å²) in [5.74, 6) is 8.25. The van der Waals surface area contributed by atoms with E-state index < -0.39 is 0 Å². The lowest BCUT2D eigenvalue weighted by atomic mass is 9.77. The molecule has 27 heavy (non-hydrogen) atoms. The van der Waals surface area contributed by atoms with E-state index in [1.54, 1.807) is 0 Å². The predicted molar refractivity (Wildman–Crippen MR) is 117 cm³/mol. The summed E-state index contributed by atoms with van der Waals surface area (Å²) in [4.78, 5) is 0. The second-order valence-electron chi connectivity index (χ2n) is 7.90. The van der Waals surface area contributed by atoms with Crippen molar-refractivity contribution in [1.29, 1.82) is 0 Å². The average Bonchev–Trinajstić information content (AvgIpc) is 2.73. The fraction of sp³-hybridized carbons (Fsp3) is 0.407. The van der Waals surface area contributed by atoms with Gasteiger partial charge in [-0.15, -0.1) is 6.58 Å². The Balaban J connectivity index is 1.56. The Labute approximate surface area is 165 Å². The maximum absolute atomic E-state index is 3.85. The minimum absolute atomic E-state index is 0.734. The van der Waals surface area contributed by atoms with Gasteiger partial charge in [-0.05, 0) is 92.2 Å². The molecule has 0 radical (unpaired) electrons. The Morgan fingerprint density at radius 1 is 0.889 bits per heavy atom. The van der Waals surface area contributed by atoms with Crippen LogP contribution in [0.15, 0.2) is 61.2 Å². The Hall–Kier alpha value is -2.26. The standard InChI is InChI=1S/C27H32/c1-3-5-7-23-14-18-26(19-15-23)27-20-16-25(17-21-27)13-12-24-10-8-22(6-4-2)9-11-24/h3,8-11,16-17,20-21,23,26H,1,4-7,14-15,18-19H2,2H3/t23-,26-. The van der Waals surface area contributed by atoms with E-state index in [0.717, 1.165) is 29.4 Å². The highest BCUT2D eigenvalue weighted by Crippen LogP contribution is 2.37. The molecule has 2 aromatic rings. The van der Waals surface area contributed by atoms with Gasteiger partial charge in [0.15, 0.2) is 0 Å². The molecule has 0 unspecified atom stereocenters. The zero-order valence-corrected chi connectivity index (χ0v) is 16.7. The molecule has 0 heterocycles. The number of hydrogen-bond donors (Lipinski definition) is 0. The van der Waals surface area contributed by atoms with Gasteiger partial charge in [-0.1, -0.05) is 55.5 Å². The van der Waals surface area contributed by atoms with Gasteiger partial charge in [-0.3, -0.25) is 0 Å². The number of allylic oxidation sites excluding steroid dienone is 1. The van der Waals surface area contributed by atoms with E-state index in [0.29, 0.717) is 0 Å². The smallest absolute Gasteiger partial charge is 0.0249 e. The topological polar surface area (TPSA) is 0 Å². The van der Waals surface area contributed by atoms with Crippen molar-refractivity contribution in [2.45, 2.75) is 64.2 Å². The van der Waals surface area contributed by atoms with Gasteiger partial charge in [0.1, 0.15) is 0 Å². The Bertz CT molecular complexity index is 760. The molecule has 0 atom stereocenters. The molecule has 140 valence electrons. The third-order valence-electron chi connectivity index (χ3n) is 5.85. The summed E-state index contributed by atoms with van der Waals surface area (Å²) in [5, 5.41) is 0. The Morgan fingerprint density at radius 2 is 1.48 bits per heavy atom. The number of aryl methyl sites for hydroxylation is 1. The first-order valence-corrected chi connectivity index (χ1v) is 10.6. The van der Waals surface area contributed by atoms with Crippen LogP contribution in [0.5, 0.6) is 0 Å². The van der Waals surface area contributed by atoms with Gasteiger partial charge in [0.2, 0.25) is 0 Å². The largest absolute Gasteiger partial charge is 0.103 e. The first kappa shape index (κ1) is 19.5. The van der Waals surface area contributed by atoms with Crippen molar-refractivity contribution in [2.75, 3.05) is 0 Å². The Kier molecular flexibility index (Phi) is 7.35. The van der Waals surface area contributed by atoms with E-state index in [9.17, 15) is 0 Å². The molecule has 2 aromatic carbocycles. The molecule has 1 aliphatic rings. The van der Waals surface area contributed by atoms with Crippen molar-refractivity contribution in [3.05, 3.63) is 83.4 Å². The van der Waals surface area contributed by atoms with Gasteiger partial charge in [0, 0.05) is 11.1 Å². The molecule has 0 bridgehead atoms. The molecule has 1 aliphatic carbocycles. The first-order chi connectivity index (χ1) is 13.3. The van der Waals surface area contributed by atoms with E-state index in [1.165, 1.54) is 56.1 Å². The van der Waals surface area contributed by atoms with Crippen LogP contribution in [-0.4, -0.2) is 0 Å². The van der Waals surface area contributed by atoms with Crippen molar-refractivity contribution < 1.29 is 0 Å².